The summed E-state index contributed by atoms with van der Waals surface area (Å²) in [6.07, 6.45) is -0.785. The second kappa shape index (κ2) is 6.46. The van der Waals surface area contributed by atoms with Crippen molar-refractivity contribution < 1.29 is 14.3 Å². The minimum Gasteiger partial charge on any atom is -0.443 e. The van der Waals surface area contributed by atoms with Crippen molar-refractivity contribution in [2.75, 3.05) is 4.90 Å². The third kappa shape index (κ3) is 2.76. The van der Waals surface area contributed by atoms with E-state index in [-0.39, 0.29) is 0 Å². The number of carbonyl (C=O) groups excluding carboxylic acids is 2. The number of nitrogens with zero attached hydrogens (tertiary/aromatic N) is 2. The van der Waals surface area contributed by atoms with Gasteiger partial charge in [0.15, 0.2) is 5.41 Å². The van der Waals surface area contributed by atoms with E-state index in [1.54, 1.807) is 51.1 Å². The second-order valence-electron chi connectivity index (χ2n) is 8.03. The number of imide groups is 1. The van der Waals surface area contributed by atoms with Crippen LogP contribution in [-0.4, -0.2) is 17.6 Å². The average molecular weight is 384 g/mol. The molecule has 1 heterocycles. The standard InChI is InChI=1S/C24H20N2O3/c1-23(2,3)29-22(28)26-20-14-7-6-12-19(20)24(15-25,21(26)27)18-13-8-10-16-9-4-5-11-17(16)18/h4-14H,1-3H3/t24-/m1/s1. The molecule has 0 saturated heterocycles. The van der Waals surface area contributed by atoms with E-state index < -0.39 is 23.0 Å². The van der Waals surface area contributed by atoms with E-state index >= 15 is 0 Å². The smallest absolute Gasteiger partial charge is 0.421 e. The molecule has 0 spiro atoms. The van der Waals surface area contributed by atoms with Crippen LogP contribution in [0.3, 0.4) is 0 Å². The lowest BCUT2D eigenvalue weighted by Crippen LogP contribution is -2.45. The Labute approximate surface area is 169 Å². The third-order valence-electron chi connectivity index (χ3n) is 5.01. The maximum atomic E-state index is 13.7. The summed E-state index contributed by atoms with van der Waals surface area (Å²) in [5.41, 5.74) is -0.990. The third-order valence-corrected chi connectivity index (χ3v) is 5.01. The molecule has 0 aromatic heterocycles. The molecule has 0 unspecified atom stereocenters. The Kier molecular flexibility index (Phi) is 4.16. The number of fused-ring (bicyclic) bond motifs is 2. The molecule has 0 N–H and O–H groups in total. The normalized spacial score (nSPS) is 18.4. The van der Waals surface area contributed by atoms with Gasteiger partial charge in [0.1, 0.15) is 5.60 Å². The lowest BCUT2D eigenvalue weighted by molar-refractivity contribution is -0.120. The summed E-state index contributed by atoms with van der Waals surface area (Å²) in [5, 5.41) is 12.0. The lowest BCUT2D eigenvalue weighted by Gasteiger charge is -2.25. The number of amides is 2. The molecule has 0 aliphatic carbocycles. The van der Waals surface area contributed by atoms with Crippen LogP contribution >= 0.6 is 0 Å². The fourth-order valence-corrected chi connectivity index (χ4v) is 3.85. The predicted molar refractivity (Wildman–Crippen MR) is 111 cm³/mol. The molecule has 3 aromatic rings. The van der Waals surface area contributed by atoms with Gasteiger partial charge >= 0.3 is 6.09 Å². The molecule has 5 nitrogen and oxygen atoms in total. The van der Waals surface area contributed by atoms with Crippen LogP contribution < -0.4 is 4.90 Å². The minimum atomic E-state index is -1.63. The summed E-state index contributed by atoms with van der Waals surface area (Å²) in [4.78, 5) is 27.6. The number of benzene rings is 3. The Hall–Kier alpha value is -3.65. The highest BCUT2D eigenvalue weighted by Gasteiger charge is 2.56. The van der Waals surface area contributed by atoms with Gasteiger partial charge in [-0.2, -0.15) is 5.26 Å². The van der Waals surface area contributed by atoms with E-state index in [4.69, 9.17) is 4.74 Å². The van der Waals surface area contributed by atoms with Crippen LogP contribution in [0.25, 0.3) is 10.8 Å². The molecule has 1 aliphatic heterocycles. The van der Waals surface area contributed by atoms with Crippen molar-refractivity contribution in [3.63, 3.8) is 0 Å². The number of rotatable bonds is 1. The fraction of sp³-hybridized carbons (Fsp3) is 0.208. The van der Waals surface area contributed by atoms with E-state index in [1.165, 1.54) is 0 Å². The van der Waals surface area contributed by atoms with Gasteiger partial charge in [0.05, 0.1) is 11.8 Å². The maximum Gasteiger partial charge on any atom is 0.421 e. The maximum absolute atomic E-state index is 13.7. The Balaban J connectivity index is 1.99. The summed E-state index contributed by atoms with van der Waals surface area (Å²) in [7, 11) is 0. The zero-order chi connectivity index (χ0) is 20.8. The molecule has 0 bridgehead atoms. The van der Waals surface area contributed by atoms with Gasteiger partial charge in [-0.1, -0.05) is 60.7 Å². The van der Waals surface area contributed by atoms with Gasteiger partial charge in [-0.25, -0.2) is 9.69 Å². The molecule has 3 aromatic carbocycles. The number of hydrogen-bond donors (Lipinski definition) is 0. The number of anilines is 1. The first-order chi connectivity index (χ1) is 13.8. The first kappa shape index (κ1) is 18.7. The Morgan fingerprint density at radius 1 is 0.966 bits per heavy atom. The Morgan fingerprint density at radius 2 is 1.59 bits per heavy atom. The Morgan fingerprint density at radius 3 is 2.31 bits per heavy atom. The zero-order valence-electron chi connectivity index (χ0n) is 16.5. The summed E-state index contributed by atoms with van der Waals surface area (Å²) >= 11 is 0. The summed E-state index contributed by atoms with van der Waals surface area (Å²) in [6, 6.07) is 22.3. The molecular weight excluding hydrogens is 364 g/mol. The number of ether oxygens (including phenoxy) is 1. The molecule has 144 valence electrons. The number of hydrogen-bond acceptors (Lipinski definition) is 4. The molecule has 0 saturated carbocycles. The zero-order valence-corrected chi connectivity index (χ0v) is 16.5. The lowest BCUT2D eigenvalue weighted by atomic mass is 9.75. The first-order valence-electron chi connectivity index (χ1n) is 9.36. The molecule has 1 atom stereocenters. The van der Waals surface area contributed by atoms with E-state index in [9.17, 15) is 14.9 Å². The van der Waals surface area contributed by atoms with Gasteiger partial charge < -0.3 is 4.74 Å². The molecule has 5 heteroatoms. The first-order valence-corrected chi connectivity index (χ1v) is 9.36. The van der Waals surface area contributed by atoms with E-state index in [0.717, 1.165) is 15.7 Å². The number of nitriles is 1. The van der Waals surface area contributed by atoms with Crippen molar-refractivity contribution in [3.8, 4) is 6.07 Å². The highest BCUT2D eigenvalue weighted by Crippen LogP contribution is 2.48. The van der Waals surface area contributed by atoms with Crippen molar-refractivity contribution >= 4 is 28.5 Å². The monoisotopic (exact) mass is 384 g/mol. The molecule has 1 aliphatic rings. The average Bonchev–Trinajstić information content (AvgIpc) is 2.94. The largest absolute Gasteiger partial charge is 0.443 e. The topological polar surface area (TPSA) is 70.4 Å². The summed E-state index contributed by atoms with van der Waals surface area (Å²) in [5.74, 6) is -0.619. The van der Waals surface area contributed by atoms with Crippen LogP contribution in [0.2, 0.25) is 0 Å². The van der Waals surface area contributed by atoms with Crippen LogP contribution in [0.5, 0.6) is 0 Å². The van der Waals surface area contributed by atoms with E-state index in [1.807, 2.05) is 36.4 Å². The molecule has 2 amide bonds. The van der Waals surface area contributed by atoms with E-state index in [2.05, 4.69) is 6.07 Å². The van der Waals surface area contributed by atoms with Crippen molar-refractivity contribution in [2.45, 2.75) is 31.8 Å². The van der Waals surface area contributed by atoms with Crippen LogP contribution in [0.4, 0.5) is 10.5 Å². The van der Waals surface area contributed by atoms with Crippen molar-refractivity contribution in [1.29, 1.82) is 5.26 Å². The van der Waals surface area contributed by atoms with Crippen LogP contribution in [0.1, 0.15) is 31.9 Å². The summed E-state index contributed by atoms with van der Waals surface area (Å²) in [6.45, 7) is 5.21. The van der Waals surface area contributed by atoms with Gasteiger partial charge in [-0.3, -0.25) is 4.79 Å². The molecule has 4 rings (SSSR count). The van der Waals surface area contributed by atoms with Crippen LogP contribution in [-0.2, 0) is 14.9 Å². The fourth-order valence-electron chi connectivity index (χ4n) is 3.85. The predicted octanol–water partition coefficient (Wildman–Crippen LogP) is 4.93. The Bertz CT molecular complexity index is 1180. The molecular formula is C24H20N2O3. The van der Waals surface area contributed by atoms with Gasteiger partial charge in [0.2, 0.25) is 0 Å². The molecule has 0 fully saturated rings. The quantitative estimate of drug-likeness (QED) is 0.596. The highest BCUT2D eigenvalue weighted by atomic mass is 16.6. The van der Waals surface area contributed by atoms with Gasteiger partial charge in [0.25, 0.3) is 5.91 Å². The number of para-hydroxylation sites is 1. The van der Waals surface area contributed by atoms with Gasteiger partial charge in [0, 0.05) is 5.56 Å². The van der Waals surface area contributed by atoms with Crippen LogP contribution in [0.15, 0.2) is 66.7 Å². The van der Waals surface area contributed by atoms with Crippen molar-refractivity contribution in [1.82, 2.24) is 0 Å². The molecule has 29 heavy (non-hydrogen) atoms. The highest BCUT2D eigenvalue weighted by molar-refractivity contribution is 6.24. The van der Waals surface area contributed by atoms with Gasteiger partial charge in [-0.05, 0) is 43.2 Å². The summed E-state index contributed by atoms with van der Waals surface area (Å²) < 4.78 is 5.47. The SMILES string of the molecule is CC(C)(C)OC(=O)N1C(=O)[C@](C#N)(c2cccc3ccccc23)c2ccccc21. The molecule has 0 radical (unpaired) electrons. The van der Waals surface area contributed by atoms with Crippen LogP contribution in [0, 0.1) is 11.3 Å². The van der Waals surface area contributed by atoms with Crippen molar-refractivity contribution in [2.24, 2.45) is 0 Å². The van der Waals surface area contributed by atoms with E-state index in [0.29, 0.717) is 16.8 Å². The van der Waals surface area contributed by atoms with Gasteiger partial charge in [-0.15, -0.1) is 0 Å². The van der Waals surface area contributed by atoms with Crippen molar-refractivity contribution in [3.05, 3.63) is 77.9 Å². The number of carbonyl (C=O) groups is 2. The second-order valence-corrected chi connectivity index (χ2v) is 8.03. The minimum absolute atomic E-state index is 0.376.